The van der Waals surface area contributed by atoms with Gasteiger partial charge in [0.1, 0.15) is 0 Å². The Bertz CT molecular complexity index is 696. The van der Waals surface area contributed by atoms with Crippen molar-refractivity contribution in [2.24, 2.45) is 0 Å². The molecule has 2 saturated carbocycles. The molecule has 0 N–H and O–H groups in total. The number of hydrogen-bond acceptors (Lipinski definition) is 0. The SMILES string of the molecule is Cl[CH-][P+](c1cccc(-c2ccccc2)c1)(C1CCCCC1)C1CCCCC1. The topological polar surface area (TPSA) is 0 Å². The molecule has 2 aromatic carbocycles. The molecule has 0 saturated heterocycles. The van der Waals surface area contributed by atoms with Gasteiger partial charge < -0.3 is 11.6 Å². The van der Waals surface area contributed by atoms with Crippen molar-refractivity contribution in [3.05, 3.63) is 60.2 Å². The highest BCUT2D eigenvalue weighted by atomic mass is 35.5. The normalized spacial score (nSPS) is 19.9. The minimum Gasteiger partial charge on any atom is -0.304 e. The number of rotatable bonds is 5. The first-order valence-electron chi connectivity index (χ1n) is 10.8. The lowest BCUT2D eigenvalue weighted by Crippen LogP contribution is -2.34. The van der Waals surface area contributed by atoms with Crippen LogP contribution in [0.25, 0.3) is 11.1 Å². The van der Waals surface area contributed by atoms with Gasteiger partial charge in [0.15, 0.2) is 0 Å². The Labute approximate surface area is 171 Å². The molecule has 2 fully saturated rings. The van der Waals surface area contributed by atoms with E-state index in [2.05, 4.69) is 60.2 Å². The standard InChI is InChI=1S/C25H32ClP/c26-20-27(23-14-6-2-7-15-23,24-16-8-3-9-17-24)25-18-10-13-22(19-25)21-11-4-1-5-12-21/h1,4-5,10-13,18-20,23-24H,2-3,6-9,14-17H2. The van der Waals surface area contributed by atoms with Crippen molar-refractivity contribution in [2.45, 2.75) is 75.5 Å². The predicted octanol–water partition coefficient (Wildman–Crippen LogP) is 8.02. The minimum atomic E-state index is -1.49. The molecule has 2 aliphatic rings. The van der Waals surface area contributed by atoms with Gasteiger partial charge in [-0.25, -0.2) is 0 Å². The molecule has 0 bridgehead atoms. The van der Waals surface area contributed by atoms with Crippen LogP contribution >= 0.6 is 18.9 Å². The van der Waals surface area contributed by atoms with Crippen molar-refractivity contribution < 1.29 is 0 Å². The van der Waals surface area contributed by atoms with Crippen LogP contribution < -0.4 is 5.30 Å². The molecule has 0 aliphatic heterocycles. The van der Waals surface area contributed by atoms with Gasteiger partial charge in [-0.1, -0.05) is 68.2 Å². The fourth-order valence-corrected chi connectivity index (χ4v) is 11.8. The molecule has 0 heterocycles. The maximum atomic E-state index is 6.85. The molecule has 2 aliphatic carbocycles. The van der Waals surface area contributed by atoms with Gasteiger partial charge in [-0.2, -0.15) is 0 Å². The first-order chi connectivity index (χ1) is 13.3. The van der Waals surface area contributed by atoms with Crippen molar-refractivity contribution in [3.8, 4) is 11.1 Å². The summed E-state index contributed by atoms with van der Waals surface area (Å²) in [6.45, 7) is 0. The summed E-state index contributed by atoms with van der Waals surface area (Å²) in [4.78, 5) is 0. The van der Waals surface area contributed by atoms with Gasteiger partial charge in [-0.15, -0.1) is 0 Å². The van der Waals surface area contributed by atoms with Crippen LogP contribution in [0.2, 0.25) is 0 Å². The Kier molecular flexibility index (Phi) is 6.57. The van der Waals surface area contributed by atoms with Crippen LogP contribution in [0, 0.1) is 5.62 Å². The molecule has 27 heavy (non-hydrogen) atoms. The second-order valence-electron chi connectivity index (χ2n) is 8.43. The summed E-state index contributed by atoms with van der Waals surface area (Å²) in [6.07, 6.45) is 13.9. The van der Waals surface area contributed by atoms with Crippen molar-refractivity contribution in [2.75, 3.05) is 0 Å². The molecule has 0 amide bonds. The van der Waals surface area contributed by atoms with Crippen molar-refractivity contribution in [3.63, 3.8) is 0 Å². The average Bonchev–Trinajstić information content (AvgIpc) is 2.77. The molecule has 2 heteroatoms. The Hall–Kier alpha value is -0.840. The van der Waals surface area contributed by atoms with E-state index < -0.39 is 7.26 Å². The van der Waals surface area contributed by atoms with Crippen LogP contribution in [0.1, 0.15) is 64.2 Å². The largest absolute Gasteiger partial charge is 0.304 e. The zero-order chi connectivity index (χ0) is 18.5. The molecule has 0 nitrogen and oxygen atoms in total. The average molecular weight is 399 g/mol. The summed E-state index contributed by atoms with van der Waals surface area (Å²) in [7, 11) is -1.49. The lowest BCUT2D eigenvalue weighted by molar-refractivity contribution is 0.483. The van der Waals surface area contributed by atoms with E-state index in [-0.39, 0.29) is 0 Å². The molecule has 4 rings (SSSR count). The quantitative estimate of drug-likeness (QED) is 0.353. The number of hydrogen-bond donors (Lipinski definition) is 0. The summed E-state index contributed by atoms with van der Waals surface area (Å²) >= 11 is 6.85. The van der Waals surface area contributed by atoms with Crippen LogP contribution in [-0.4, -0.2) is 11.3 Å². The van der Waals surface area contributed by atoms with Crippen LogP contribution in [0.3, 0.4) is 0 Å². The Morgan fingerprint density at radius 2 is 1.22 bits per heavy atom. The van der Waals surface area contributed by atoms with E-state index >= 15 is 0 Å². The molecule has 0 atom stereocenters. The highest BCUT2D eigenvalue weighted by Gasteiger charge is 2.47. The third kappa shape index (κ3) is 3.99. The van der Waals surface area contributed by atoms with Crippen molar-refractivity contribution in [1.29, 1.82) is 0 Å². The van der Waals surface area contributed by atoms with Crippen LogP contribution in [-0.2, 0) is 0 Å². The zero-order valence-corrected chi connectivity index (χ0v) is 18.0. The van der Waals surface area contributed by atoms with E-state index in [1.807, 2.05) is 0 Å². The molecule has 2 aromatic rings. The van der Waals surface area contributed by atoms with Gasteiger partial charge in [0.05, 0.1) is 5.30 Å². The fraction of sp³-hybridized carbons (Fsp3) is 0.480. The van der Waals surface area contributed by atoms with Crippen molar-refractivity contribution in [1.82, 2.24) is 0 Å². The number of benzene rings is 2. The zero-order valence-electron chi connectivity index (χ0n) is 16.3. The molecule has 0 aromatic heterocycles. The highest BCUT2D eigenvalue weighted by molar-refractivity contribution is 7.87. The molecule has 0 unspecified atom stereocenters. The van der Waals surface area contributed by atoms with Gasteiger partial charge in [0.25, 0.3) is 0 Å². The lowest BCUT2D eigenvalue weighted by atomic mass is 9.99. The van der Waals surface area contributed by atoms with E-state index in [1.54, 1.807) is 5.30 Å². The predicted molar refractivity (Wildman–Crippen MR) is 122 cm³/mol. The molecule has 0 radical (unpaired) electrons. The van der Waals surface area contributed by atoms with Gasteiger partial charge >= 0.3 is 0 Å². The Morgan fingerprint density at radius 3 is 1.78 bits per heavy atom. The molecule has 144 valence electrons. The third-order valence-electron chi connectivity index (χ3n) is 6.92. The maximum absolute atomic E-state index is 6.85. The monoisotopic (exact) mass is 398 g/mol. The van der Waals surface area contributed by atoms with Crippen LogP contribution in [0.4, 0.5) is 0 Å². The van der Waals surface area contributed by atoms with E-state index in [1.165, 1.54) is 75.3 Å². The van der Waals surface area contributed by atoms with E-state index in [9.17, 15) is 0 Å². The van der Waals surface area contributed by atoms with Crippen LogP contribution in [0.5, 0.6) is 0 Å². The Balaban J connectivity index is 1.78. The maximum Gasteiger partial charge on any atom is 0.0670 e. The third-order valence-corrected chi connectivity index (χ3v) is 12.8. The second-order valence-corrected chi connectivity index (χ2v) is 12.9. The highest BCUT2D eigenvalue weighted by Crippen LogP contribution is 2.74. The first kappa shape index (κ1) is 19.5. The first-order valence-corrected chi connectivity index (χ1v) is 13.3. The summed E-state index contributed by atoms with van der Waals surface area (Å²) in [6, 6.07) is 20.3. The molecule has 0 spiro atoms. The van der Waals surface area contributed by atoms with Crippen molar-refractivity contribution >= 4 is 24.2 Å². The molecular formula is C25H32ClP. The fourth-order valence-electron chi connectivity index (χ4n) is 5.51. The smallest absolute Gasteiger partial charge is 0.0670 e. The van der Waals surface area contributed by atoms with E-state index in [0.29, 0.717) is 0 Å². The number of halogens is 1. The lowest BCUT2D eigenvalue weighted by Gasteiger charge is -2.48. The van der Waals surface area contributed by atoms with Gasteiger partial charge in [-0.05, 0) is 74.6 Å². The molecular weight excluding hydrogens is 367 g/mol. The Morgan fingerprint density at radius 1 is 0.667 bits per heavy atom. The summed E-state index contributed by atoms with van der Waals surface area (Å²) < 4.78 is 0. The summed E-state index contributed by atoms with van der Waals surface area (Å²) in [5.74, 6) is 0. The van der Waals surface area contributed by atoms with E-state index in [4.69, 9.17) is 11.6 Å². The minimum absolute atomic E-state index is 0.804. The summed E-state index contributed by atoms with van der Waals surface area (Å²) in [5, 5.41) is 1.57. The van der Waals surface area contributed by atoms with Gasteiger partial charge in [-0.3, -0.25) is 0 Å². The second kappa shape index (κ2) is 9.11. The van der Waals surface area contributed by atoms with Gasteiger partial charge in [0, 0.05) is 11.3 Å². The van der Waals surface area contributed by atoms with Gasteiger partial charge in [0.2, 0.25) is 0 Å². The van der Waals surface area contributed by atoms with E-state index in [0.717, 1.165) is 11.3 Å². The van der Waals surface area contributed by atoms with Crippen LogP contribution in [0.15, 0.2) is 54.6 Å². The summed E-state index contributed by atoms with van der Waals surface area (Å²) in [5.41, 5.74) is 6.49.